The lowest BCUT2D eigenvalue weighted by molar-refractivity contribution is 0.00914. The molecule has 5 heteroatoms. The number of ether oxygens (including phenoxy) is 1. The third kappa shape index (κ3) is 4.30. The summed E-state index contributed by atoms with van der Waals surface area (Å²) in [5, 5.41) is 0. The summed E-state index contributed by atoms with van der Waals surface area (Å²) in [6, 6.07) is 2.03. The number of hydroxylamine groups is 1. The maximum Gasteiger partial charge on any atom is 0.284 e. The zero-order valence-corrected chi connectivity index (χ0v) is 12.2. The molecule has 2 rings (SSSR count). The fourth-order valence-corrected chi connectivity index (χ4v) is 3.39. The number of fused-ring (bicyclic) bond motifs is 1. The molecular formula is C14H21NO3S. The topological polar surface area (TPSA) is 47.6 Å². The van der Waals surface area contributed by atoms with Crippen LogP contribution in [-0.4, -0.2) is 26.2 Å². The molecule has 0 spiro atoms. The van der Waals surface area contributed by atoms with Crippen LogP contribution in [0.2, 0.25) is 0 Å². The number of nitrogens with one attached hydrogen (secondary N) is 1. The highest BCUT2D eigenvalue weighted by molar-refractivity contribution is 7.14. The van der Waals surface area contributed by atoms with E-state index >= 15 is 0 Å². The molecule has 1 heterocycles. The van der Waals surface area contributed by atoms with E-state index in [1.807, 2.05) is 6.07 Å². The Hall–Kier alpha value is -0.910. The molecule has 1 aliphatic rings. The first-order chi connectivity index (χ1) is 9.31. The zero-order valence-electron chi connectivity index (χ0n) is 11.4. The van der Waals surface area contributed by atoms with Gasteiger partial charge >= 0.3 is 0 Å². The smallest absolute Gasteiger partial charge is 0.284 e. The Kier molecular flexibility index (Phi) is 5.82. The molecule has 1 aromatic rings. The fraction of sp³-hybridized carbons (Fsp3) is 0.643. The van der Waals surface area contributed by atoms with E-state index in [0.29, 0.717) is 13.2 Å². The van der Waals surface area contributed by atoms with Crippen molar-refractivity contribution in [3.05, 3.63) is 21.4 Å². The van der Waals surface area contributed by atoms with Gasteiger partial charge in [-0.05, 0) is 37.3 Å². The summed E-state index contributed by atoms with van der Waals surface area (Å²) in [6.07, 6.45) is 7.28. The Morgan fingerprint density at radius 1 is 1.26 bits per heavy atom. The number of hydrogen-bond acceptors (Lipinski definition) is 4. The van der Waals surface area contributed by atoms with E-state index in [-0.39, 0.29) is 5.91 Å². The minimum atomic E-state index is -0.146. The second kappa shape index (κ2) is 7.62. The first-order valence-electron chi connectivity index (χ1n) is 6.84. The number of rotatable bonds is 5. The SMILES string of the molecule is COCCONC(=O)c1cc2c(s1)CCCCCC2. The van der Waals surface area contributed by atoms with Crippen molar-refractivity contribution in [3.8, 4) is 0 Å². The van der Waals surface area contributed by atoms with E-state index in [1.165, 1.54) is 36.1 Å². The second-order valence-corrected chi connectivity index (χ2v) is 5.88. The highest BCUT2D eigenvalue weighted by Crippen LogP contribution is 2.28. The van der Waals surface area contributed by atoms with Crippen molar-refractivity contribution in [2.45, 2.75) is 38.5 Å². The van der Waals surface area contributed by atoms with Gasteiger partial charge < -0.3 is 4.74 Å². The van der Waals surface area contributed by atoms with Gasteiger partial charge in [-0.15, -0.1) is 11.3 Å². The standard InChI is InChI=1S/C14H21NO3S/c1-17-8-9-18-15-14(16)13-10-11-6-4-2-3-5-7-12(11)19-13/h10H,2-9H2,1H3,(H,15,16). The van der Waals surface area contributed by atoms with Crippen molar-refractivity contribution < 1.29 is 14.4 Å². The molecular weight excluding hydrogens is 262 g/mol. The number of carbonyl (C=O) groups excluding carboxylic acids is 1. The number of aryl methyl sites for hydroxylation is 2. The lowest BCUT2D eigenvalue weighted by atomic mass is 10.00. The van der Waals surface area contributed by atoms with Gasteiger partial charge in [-0.2, -0.15) is 0 Å². The van der Waals surface area contributed by atoms with Crippen molar-refractivity contribution in [3.63, 3.8) is 0 Å². The predicted molar refractivity (Wildman–Crippen MR) is 75.5 cm³/mol. The highest BCUT2D eigenvalue weighted by atomic mass is 32.1. The molecule has 1 aliphatic carbocycles. The molecule has 19 heavy (non-hydrogen) atoms. The minimum absolute atomic E-state index is 0.146. The molecule has 0 saturated heterocycles. The molecule has 0 aliphatic heterocycles. The minimum Gasteiger partial charge on any atom is -0.382 e. The van der Waals surface area contributed by atoms with Crippen LogP contribution in [0.4, 0.5) is 0 Å². The molecule has 1 amide bonds. The van der Waals surface area contributed by atoms with E-state index in [9.17, 15) is 4.79 Å². The van der Waals surface area contributed by atoms with Gasteiger partial charge in [-0.1, -0.05) is 12.8 Å². The molecule has 0 unspecified atom stereocenters. The van der Waals surface area contributed by atoms with Crippen LogP contribution in [0.3, 0.4) is 0 Å². The van der Waals surface area contributed by atoms with Gasteiger partial charge in [0.15, 0.2) is 0 Å². The van der Waals surface area contributed by atoms with Gasteiger partial charge in [0.05, 0.1) is 18.1 Å². The third-order valence-corrected chi connectivity index (χ3v) is 4.51. The lowest BCUT2D eigenvalue weighted by Crippen LogP contribution is -2.24. The Labute approximate surface area is 118 Å². The summed E-state index contributed by atoms with van der Waals surface area (Å²) < 4.78 is 4.85. The Morgan fingerprint density at radius 3 is 2.84 bits per heavy atom. The van der Waals surface area contributed by atoms with E-state index in [2.05, 4.69) is 5.48 Å². The number of thiophene rings is 1. The van der Waals surface area contributed by atoms with Crippen molar-refractivity contribution in [2.75, 3.05) is 20.3 Å². The lowest BCUT2D eigenvalue weighted by Gasteiger charge is -2.07. The molecule has 0 atom stereocenters. The average Bonchev–Trinajstić information content (AvgIpc) is 2.77. The van der Waals surface area contributed by atoms with Gasteiger partial charge in [-0.3, -0.25) is 9.63 Å². The second-order valence-electron chi connectivity index (χ2n) is 4.75. The first kappa shape index (κ1) is 14.5. The molecule has 106 valence electrons. The van der Waals surface area contributed by atoms with Gasteiger partial charge in [-0.25, -0.2) is 5.48 Å². The van der Waals surface area contributed by atoms with Crippen LogP contribution in [0.15, 0.2) is 6.07 Å². The third-order valence-electron chi connectivity index (χ3n) is 3.27. The Balaban J connectivity index is 1.92. The molecule has 1 N–H and O–H groups in total. The predicted octanol–water partition coefficient (Wildman–Crippen LogP) is 2.71. The molecule has 0 aromatic carbocycles. The van der Waals surface area contributed by atoms with E-state index in [0.717, 1.165) is 17.7 Å². The number of carbonyl (C=O) groups is 1. The summed E-state index contributed by atoms with van der Waals surface area (Å²) >= 11 is 1.61. The Bertz CT molecular complexity index is 391. The van der Waals surface area contributed by atoms with Gasteiger partial charge in [0.1, 0.15) is 0 Å². The quantitative estimate of drug-likeness (QED) is 0.667. The van der Waals surface area contributed by atoms with E-state index in [4.69, 9.17) is 9.57 Å². The van der Waals surface area contributed by atoms with Gasteiger partial charge in [0.25, 0.3) is 5.91 Å². The first-order valence-corrected chi connectivity index (χ1v) is 7.65. The zero-order chi connectivity index (χ0) is 13.5. The largest absolute Gasteiger partial charge is 0.382 e. The molecule has 0 saturated carbocycles. The van der Waals surface area contributed by atoms with Crippen LogP contribution in [-0.2, 0) is 22.4 Å². The molecule has 0 radical (unpaired) electrons. The normalized spacial score (nSPS) is 15.4. The average molecular weight is 283 g/mol. The number of hydrogen-bond donors (Lipinski definition) is 1. The summed E-state index contributed by atoms with van der Waals surface area (Å²) in [4.78, 5) is 19.1. The molecule has 0 bridgehead atoms. The fourth-order valence-electron chi connectivity index (χ4n) is 2.25. The van der Waals surface area contributed by atoms with Crippen LogP contribution in [0.25, 0.3) is 0 Å². The van der Waals surface area contributed by atoms with Gasteiger partial charge in [0, 0.05) is 12.0 Å². The van der Waals surface area contributed by atoms with Gasteiger partial charge in [0.2, 0.25) is 0 Å². The van der Waals surface area contributed by atoms with Crippen molar-refractivity contribution in [2.24, 2.45) is 0 Å². The Morgan fingerprint density at radius 2 is 2.05 bits per heavy atom. The van der Waals surface area contributed by atoms with E-state index in [1.54, 1.807) is 18.4 Å². The van der Waals surface area contributed by atoms with Crippen molar-refractivity contribution in [1.29, 1.82) is 0 Å². The summed E-state index contributed by atoms with van der Waals surface area (Å²) in [5.41, 5.74) is 3.82. The van der Waals surface area contributed by atoms with Crippen LogP contribution in [0.1, 0.15) is 45.8 Å². The molecule has 4 nitrogen and oxygen atoms in total. The van der Waals surface area contributed by atoms with Crippen LogP contribution < -0.4 is 5.48 Å². The van der Waals surface area contributed by atoms with Crippen molar-refractivity contribution >= 4 is 17.2 Å². The summed E-state index contributed by atoms with van der Waals surface area (Å²) in [6.45, 7) is 0.842. The van der Waals surface area contributed by atoms with Crippen LogP contribution in [0.5, 0.6) is 0 Å². The van der Waals surface area contributed by atoms with Crippen LogP contribution in [0, 0.1) is 0 Å². The summed E-state index contributed by atoms with van der Waals surface area (Å²) in [7, 11) is 1.60. The van der Waals surface area contributed by atoms with Crippen molar-refractivity contribution in [1.82, 2.24) is 5.48 Å². The summed E-state index contributed by atoms with van der Waals surface area (Å²) in [5.74, 6) is -0.146. The molecule has 0 fully saturated rings. The van der Waals surface area contributed by atoms with E-state index < -0.39 is 0 Å². The highest BCUT2D eigenvalue weighted by Gasteiger charge is 2.15. The van der Waals surface area contributed by atoms with Crippen LogP contribution >= 0.6 is 11.3 Å². The number of methoxy groups -OCH3 is 1. The maximum absolute atomic E-state index is 11.9. The monoisotopic (exact) mass is 283 g/mol. The maximum atomic E-state index is 11.9. The molecule has 1 aromatic heterocycles. The number of amides is 1.